The molecule has 0 fully saturated rings. The van der Waals surface area contributed by atoms with Crippen LogP contribution in [0.4, 0.5) is 51.2 Å². The van der Waals surface area contributed by atoms with Crippen LogP contribution in [0.3, 0.4) is 0 Å². The number of fused-ring (bicyclic) bond motifs is 15. The minimum absolute atomic E-state index is 0.00485. The van der Waals surface area contributed by atoms with Crippen LogP contribution in [0, 0.1) is 0 Å². The molecule has 6 nitrogen and oxygen atoms in total. The van der Waals surface area contributed by atoms with E-state index < -0.39 is 41.7 Å². The summed E-state index contributed by atoms with van der Waals surface area (Å²) in [5, 5.41) is 4.08. The normalized spacial score (nSPS) is 14.6. The second kappa shape index (κ2) is 27.1. The molecule has 7 heteroatoms. The fourth-order valence-electron chi connectivity index (χ4n) is 19.6. The number of benzene rings is 17. The van der Waals surface area contributed by atoms with Gasteiger partial charge in [-0.3, -0.25) is 0 Å². The lowest BCUT2D eigenvalue weighted by molar-refractivity contribution is 0.589. The van der Waals surface area contributed by atoms with Crippen LogP contribution in [-0.4, -0.2) is 11.3 Å². The third kappa shape index (κ3) is 11.1. The lowest BCUT2D eigenvalue weighted by atomic mass is 9.31. The lowest BCUT2D eigenvalue weighted by Crippen LogP contribution is -2.62. The molecule has 3 aliphatic rings. The number of hydrogen-bond donors (Lipinski definition) is 0. The second-order valence-electron chi connectivity index (χ2n) is 34.0. The van der Waals surface area contributed by atoms with Gasteiger partial charge in [0.2, 0.25) is 6.71 Å². The van der Waals surface area contributed by atoms with Crippen LogP contribution in [0.1, 0.15) is 97.4 Å². The Hall–Kier alpha value is -14.4. The van der Waals surface area contributed by atoms with Crippen LogP contribution >= 0.6 is 0 Å². The molecule has 0 amide bonds. The second-order valence-corrected chi connectivity index (χ2v) is 34.0. The number of rotatable bonds is 11. The molecule has 1 atom stereocenters. The summed E-state index contributed by atoms with van der Waals surface area (Å²) in [6, 6.07) is 114. The minimum Gasteiger partial charge on any atom is -0.456 e. The molecule has 3 aliphatic heterocycles. The summed E-state index contributed by atoms with van der Waals surface area (Å²) < 4.78 is 91.9. The van der Waals surface area contributed by atoms with Crippen LogP contribution in [0.2, 0.25) is 0 Å². The van der Waals surface area contributed by atoms with Crippen LogP contribution in [0.25, 0.3) is 116 Å². The van der Waals surface area contributed by atoms with Crippen molar-refractivity contribution in [2.45, 2.75) is 64.7 Å². The van der Waals surface area contributed by atoms with Crippen molar-refractivity contribution in [2.75, 3.05) is 14.7 Å². The third-order valence-electron chi connectivity index (χ3n) is 25.1. The average molecular weight is 1540 g/mol. The van der Waals surface area contributed by atoms with Crippen molar-refractivity contribution in [3.8, 4) is 50.2 Å². The molecule has 566 valence electrons. The lowest BCUT2D eigenvalue weighted by Gasteiger charge is -2.46. The summed E-state index contributed by atoms with van der Waals surface area (Å²) in [5.41, 5.74) is 30.2. The van der Waals surface area contributed by atoms with Gasteiger partial charge in [0, 0.05) is 101 Å². The van der Waals surface area contributed by atoms with Gasteiger partial charge in [-0.1, -0.05) is 350 Å². The van der Waals surface area contributed by atoms with E-state index in [1.165, 1.54) is 27.6 Å². The Kier molecular flexibility index (Phi) is 14.1. The highest BCUT2D eigenvalue weighted by molar-refractivity contribution is 6.99. The van der Waals surface area contributed by atoms with Crippen molar-refractivity contribution in [3.63, 3.8) is 0 Å². The highest BCUT2D eigenvalue weighted by Crippen LogP contribution is 2.59. The standard InChI is InChI=1S/C112H83BN4O2/c1-111(2,3)75-64-92-105(90-55-32-53-87-85-46-22-27-60-103(85)118-109(87)90)89-48-19-24-56-93(89)113-94-63-74-62-91-99(115(107-79(70-34-11-7-12-35-70)49-30-50-80(107)71-36-13-8-14-37-71)78-43-29-42-77(68-78)114-95-57-25-20-44-83(95)84-45-21-26-58-96(84)114)65-76(112(4,5)6)66-100(91)116(97-59-33-54-88-86-47-23-28-61-104(86)119-110(88)97)98(74)69-101(94)117(102(67-75)106(92)113)108-81(72-38-15-9-16-39-72)51-31-52-82(108)73-40-17-10-18-41-73/h7-61,63-69,105H,62H2,1-6H3/i20D,21D,25D,26D,44D,45D,57D,58D. The van der Waals surface area contributed by atoms with E-state index >= 15 is 0 Å². The van der Waals surface area contributed by atoms with Gasteiger partial charge < -0.3 is 28.1 Å². The highest BCUT2D eigenvalue weighted by Gasteiger charge is 2.48. The Bertz CT molecular complexity index is 7840. The fraction of sp³-hybridized carbons (Fsp3) is 0.0893. The maximum Gasteiger partial charge on any atom is 0.247 e. The fourth-order valence-corrected chi connectivity index (χ4v) is 19.6. The number of anilines is 9. The molecule has 0 spiro atoms. The molecule has 17 aromatic carbocycles. The van der Waals surface area contributed by atoms with E-state index in [4.69, 9.17) is 11.6 Å². The largest absolute Gasteiger partial charge is 0.456 e. The van der Waals surface area contributed by atoms with Crippen LogP contribution in [0.5, 0.6) is 0 Å². The third-order valence-corrected chi connectivity index (χ3v) is 25.1. The Balaban J connectivity index is 0.871. The number of furan rings is 2. The Morgan fingerprint density at radius 2 is 0.866 bits per heavy atom. The Morgan fingerprint density at radius 1 is 0.370 bits per heavy atom. The molecule has 0 saturated carbocycles. The van der Waals surface area contributed by atoms with Gasteiger partial charge in [-0.2, -0.15) is 0 Å². The maximum atomic E-state index is 9.85. The first-order valence-corrected chi connectivity index (χ1v) is 41.1. The van der Waals surface area contributed by atoms with Crippen LogP contribution < -0.4 is 31.1 Å². The molecule has 0 N–H and O–H groups in total. The van der Waals surface area contributed by atoms with E-state index in [0.29, 0.717) is 23.4 Å². The summed E-state index contributed by atoms with van der Waals surface area (Å²) in [4.78, 5) is 7.54. The van der Waals surface area contributed by atoms with Gasteiger partial charge in [-0.15, -0.1) is 0 Å². The molecular weight excluding hydrogens is 1440 g/mol. The minimum atomic E-state index is -0.541. The van der Waals surface area contributed by atoms with E-state index in [1.807, 2.05) is 36.4 Å². The number of hydrogen-bond acceptors (Lipinski definition) is 5. The molecule has 3 aromatic heterocycles. The summed E-state index contributed by atoms with van der Waals surface area (Å²) in [7, 11) is 0. The molecule has 0 saturated heterocycles. The summed E-state index contributed by atoms with van der Waals surface area (Å²) in [6.07, 6.45) is 0.386. The van der Waals surface area contributed by atoms with Crippen LogP contribution in [0.15, 0.2) is 385 Å². The van der Waals surface area contributed by atoms with Gasteiger partial charge in [-0.25, -0.2) is 0 Å². The van der Waals surface area contributed by atoms with Gasteiger partial charge in [0.15, 0.2) is 5.58 Å². The quantitative estimate of drug-likeness (QED) is 0.121. The van der Waals surface area contributed by atoms with E-state index in [2.05, 4.69) is 347 Å². The van der Waals surface area contributed by atoms with Crippen molar-refractivity contribution in [1.29, 1.82) is 0 Å². The van der Waals surface area contributed by atoms with Gasteiger partial charge in [0.25, 0.3) is 0 Å². The number of para-hydroxylation sites is 8. The highest BCUT2D eigenvalue weighted by atomic mass is 16.3. The van der Waals surface area contributed by atoms with Gasteiger partial charge in [0.05, 0.1) is 56.1 Å². The Labute approximate surface area is 704 Å². The zero-order valence-corrected chi connectivity index (χ0v) is 66.6. The van der Waals surface area contributed by atoms with E-state index in [-0.39, 0.29) is 51.9 Å². The summed E-state index contributed by atoms with van der Waals surface area (Å²) in [5.74, 6) is -0.289. The molecule has 20 aromatic rings. The smallest absolute Gasteiger partial charge is 0.247 e. The van der Waals surface area contributed by atoms with Gasteiger partial charge >= 0.3 is 0 Å². The van der Waals surface area contributed by atoms with E-state index in [1.54, 1.807) is 4.57 Å². The molecule has 119 heavy (non-hydrogen) atoms. The molecule has 0 radical (unpaired) electrons. The zero-order valence-electron chi connectivity index (χ0n) is 74.6. The molecule has 0 bridgehead atoms. The van der Waals surface area contributed by atoms with E-state index in [0.717, 1.165) is 156 Å². The SMILES string of the molecule is [2H]c1c([2H])c([2H])c2c(c1[2H])c1c([2H])c([2H])c([2H])c([2H])c1n2-c1cccc(N(c2cc(C(C)(C)C)cc3c2Cc2cc4c(cc2N3c2cccc3c2oc2ccccc23)N(c2c(-c3ccccc3)cccc2-c2ccccc2)c2cc(C(C)(C)C)cc3c2B4c2ccccc2C3c2cccc3c2oc2ccccc23)c2c(-c3ccccc3)cccc2-c2ccccc2)c1. The number of aromatic nitrogens is 1. The average Bonchev–Trinajstić information content (AvgIpc) is 1.62. The topological polar surface area (TPSA) is 40.9 Å². The van der Waals surface area contributed by atoms with Crippen molar-refractivity contribution in [2.24, 2.45) is 0 Å². The van der Waals surface area contributed by atoms with Crippen molar-refractivity contribution >= 4 is 140 Å². The van der Waals surface area contributed by atoms with Crippen LogP contribution in [-0.2, 0) is 17.3 Å². The predicted molar refractivity (Wildman–Crippen MR) is 500 cm³/mol. The molecule has 0 aliphatic carbocycles. The van der Waals surface area contributed by atoms with Gasteiger partial charge in [-0.05, 0) is 145 Å². The Morgan fingerprint density at radius 3 is 1.49 bits per heavy atom. The summed E-state index contributed by atoms with van der Waals surface area (Å²) in [6.45, 7) is 13.5. The molecular formula is C112H83BN4O2. The monoisotopic (exact) mass is 1530 g/mol. The van der Waals surface area contributed by atoms with Crippen molar-refractivity contribution in [1.82, 2.24) is 4.57 Å². The maximum absolute atomic E-state index is 9.85. The zero-order chi connectivity index (χ0) is 86.5. The molecule has 23 rings (SSSR count). The van der Waals surface area contributed by atoms with Gasteiger partial charge in [0.1, 0.15) is 16.7 Å². The first-order valence-electron chi connectivity index (χ1n) is 45.1. The van der Waals surface area contributed by atoms with E-state index in [9.17, 15) is 8.22 Å². The van der Waals surface area contributed by atoms with Crippen molar-refractivity contribution in [3.05, 3.63) is 415 Å². The van der Waals surface area contributed by atoms with Crippen molar-refractivity contribution < 1.29 is 19.8 Å². The molecule has 6 heterocycles. The summed E-state index contributed by atoms with van der Waals surface area (Å²) >= 11 is 0. The first kappa shape index (κ1) is 62.0. The number of nitrogens with zero attached hydrogens (tertiary/aromatic N) is 4. The molecule has 1 unspecified atom stereocenters. The first-order chi connectivity index (χ1) is 61.7. The predicted octanol–water partition coefficient (Wildman–Crippen LogP) is 28.5.